The summed E-state index contributed by atoms with van der Waals surface area (Å²) in [5.74, 6) is 0. The van der Waals surface area contributed by atoms with Crippen LogP contribution in [0.1, 0.15) is 39.5 Å². The van der Waals surface area contributed by atoms with Crippen LogP contribution in [-0.2, 0) is 9.05 Å². The van der Waals surface area contributed by atoms with Crippen LogP contribution in [0.25, 0.3) is 0 Å². The molecule has 0 aromatic heterocycles. The molecule has 0 saturated carbocycles. The number of hydrogen-bond donors (Lipinski definition) is 2. The molecule has 4 aliphatic rings. The standard InChI is InChI=1S/C14H32N7O2P3/c1-3-22-26(23-4-2)18-24-15-9-7-13-20(24)11-5-6-12-21-14-8-10-16-25(21,17-24)19-26/h15-16H,3-14H2,1-2H3. The maximum atomic E-state index is 6.19. The predicted octanol–water partition coefficient (Wildman–Crippen LogP) is 4.30. The Morgan fingerprint density at radius 3 is 1.77 bits per heavy atom. The summed E-state index contributed by atoms with van der Waals surface area (Å²) in [4.78, 5) is 0. The molecule has 4 aliphatic heterocycles. The maximum absolute atomic E-state index is 6.19. The lowest BCUT2D eigenvalue weighted by Gasteiger charge is -2.45. The Kier molecular flexibility index (Phi) is 6.12. The van der Waals surface area contributed by atoms with Crippen molar-refractivity contribution >= 4 is 22.7 Å². The van der Waals surface area contributed by atoms with E-state index in [4.69, 9.17) is 22.6 Å². The highest BCUT2D eigenvalue weighted by Crippen LogP contribution is 2.79. The maximum Gasteiger partial charge on any atom is 0.345 e. The first-order chi connectivity index (χ1) is 12.7. The first kappa shape index (κ1) is 19.8. The van der Waals surface area contributed by atoms with Crippen LogP contribution in [0.2, 0.25) is 0 Å². The molecule has 26 heavy (non-hydrogen) atoms. The van der Waals surface area contributed by atoms with Gasteiger partial charge in [0.15, 0.2) is 0 Å². The van der Waals surface area contributed by atoms with Crippen LogP contribution >= 0.6 is 22.7 Å². The minimum Gasteiger partial charge on any atom is -0.307 e. The lowest BCUT2D eigenvalue weighted by molar-refractivity contribution is 0.259. The van der Waals surface area contributed by atoms with E-state index in [0.29, 0.717) is 13.2 Å². The smallest absolute Gasteiger partial charge is 0.307 e. The van der Waals surface area contributed by atoms with E-state index in [-0.39, 0.29) is 0 Å². The van der Waals surface area contributed by atoms with Crippen LogP contribution in [0.15, 0.2) is 13.5 Å². The SMILES string of the molecule is CCOP1(OCC)=NP23=NP4(=N1)NCCCN4CCCCN2CCCN3. The van der Waals surface area contributed by atoms with Crippen molar-refractivity contribution in [3.05, 3.63) is 0 Å². The van der Waals surface area contributed by atoms with Gasteiger partial charge in [0.05, 0.1) is 13.2 Å². The van der Waals surface area contributed by atoms with Crippen molar-refractivity contribution in [1.29, 1.82) is 0 Å². The van der Waals surface area contributed by atoms with Crippen molar-refractivity contribution in [3.8, 4) is 0 Å². The summed E-state index contributed by atoms with van der Waals surface area (Å²) >= 11 is 0. The monoisotopic (exact) mass is 423 g/mol. The molecule has 2 unspecified atom stereocenters. The van der Waals surface area contributed by atoms with E-state index in [9.17, 15) is 0 Å². The summed E-state index contributed by atoms with van der Waals surface area (Å²) < 4.78 is 33.3. The van der Waals surface area contributed by atoms with E-state index in [1.807, 2.05) is 13.8 Å². The molecule has 4 rings (SSSR count). The Morgan fingerprint density at radius 1 is 0.731 bits per heavy atom. The zero-order chi connectivity index (χ0) is 18.1. The summed E-state index contributed by atoms with van der Waals surface area (Å²) in [5.41, 5.74) is 0. The summed E-state index contributed by atoms with van der Waals surface area (Å²) in [6.45, 7) is 11.2. The van der Waals surface area contributed by atoms with Gasteiger partial charge in [-0.3, -0.25) is 10.2 Å². The Balaban J connectivity index is 1.96. The largest absolute Gasteiger partial charge is 0.345 e. The molecule has 2 fully saturated rings. The van der Waals surface area contributed by atoms with Gasteiger partial charge in [-0.15, -0.1) is 0 Å². The van der Waals surface area contributed by atoms with Crippen molar-refractivity contribution in [1.82, 2.24) is 19.5 Å². The van der Waals surface area contributed by atoms with Crippen LogP contribution in [0.4, 0.5) is 0 Å². The van der Waals surface area contributed by atoms with Gasteiger partial charge in [0.1, 0.15) is 0 Å². The van der Waals surface area contributed by atoms with Crippen molar-refractivity contribution in [3.63, 3.8) is 0 Å². The predicted molar refractivity (Wildman–Crippen MR) is 109 cm³/mol. The summed E-state index contributed by atoms with van der Waals surface area (Å²) in [6, 6.07) is 0. The Morgan fingerprint density at radius 2 is 1.23 bits per heavy atom. The highest BCUT2D eigenvalue weighted by atomic mass is 31.3. The third-order valence-electron chi connectivity index (χ3n) is 5.02. The van der Waals surface area contributed by atoms with Crippen LogP contribution in [-0.4, -0.2) is 61.8 Å². The topological polar surface area (TPSA) is 86.1 Å². The average molecular weight is 423 g/mol. The van der Waals surface area contributed by atoms with E-state index >= 15 is 0 Å². The minimum atomic E-state index is -2.68. The second-order valence-corrected chi connectivity index (χ2v) is 14.6. The second kappa shape index (κ2) is 8.06. The molecular formula is C14H32N7O2P3. The van der Waals surface area contributed by atoms with Gasteiger partial charge < -0.3 is 9.05 Å². The third kappa shape index (κ3) is 3.56. The summed E-state index contributed by atoms with van der Waals surface area (Å²) in [7, 11) is -7.16. The van der Waals surface area contributed by atoms with E-state index in [0.717, 1.165) is 52.1 Å². The molecule has 9 nitrogen and oxygen atoms in total. The van der Waals surface area contributed by atoms with Crippen LogP contribution < -0.4 is 10.2 Å². The molecule has 2 N–H and O–H groups in total. The van der Waals surface area contributed by atoms with Gasteiger partial charge in [-0.2, -0.15) is 13.5 Å². The highest BCUT2D eigenvalue weighted by Gasteiger charge is 2.46. The van der Waals surface area contributed by atoms with Crippen molar-refractivity contribution in [2.24, 2.45) is 13.5 Å². The molecule has 0 amide bonds. The fourth-order valence-electron chi connectivity index (χ4n) is 3.92. The molecule has 4 heterocycles. The molecule has 2 spiro atoms. The van der Waals surface area contributed by atoms with Gasteiger partial charge in [0.25, 0.3) is 0 Å². The lowest BCUT2D eigenvalue weighted by atomic mass is 10.3. The fourth-order valence-corrected chi connectivity index (χ4v) is 16.6. The zero-order valence-corrected chi connectivity index (χ0v) is 18.6. The van der Waals surface area contributed by atoms with Gasteiger partial charge in [-0.25, -0.2) is 9.34 Å². The van der Waals surface area contributed by atoms with Crippen LogP contribution in [0.5, 0.6) is 0 Å². The second-order valence-electron chi connectivity index (χ2n) is 6.87. The van der Waals surface area contributed by atoms with Crippen LogP contribution in [0.3, 0.4) is 0 Å². The van der Waals surface area contributed by atoms with Gasteiger partial charge in [-0.05, 0) is 39.5 Å². The van der Waals surface area contributed by atoms with Gasteiger partial charge in [-0.1, -0.05) is 0 Å². The third-order valence-corrected chi connectivity index (χ3v) is 15.7. The summed E-state index contributed by atoms with van der Waals surface area (Å²) in [6.07, 6.45) is 4.64. The van der Waals surface area contributed by atoms with E-state index in [1.54, 1.807) is 0 Å². The van der Waals surface area contributed by atoms with E-state index in [1.165, 1.54) is 12.8 Å². The van der Waals surface area contributed by atoms with E-state index < -0.39 is 22.7 Å². The number of nitrogens with zero attached hydrogens (tertiary/aromatic N) is 5. The Hall–Kier alpha value is 0.450. The van der Waals surface area contributed by atoms with Gasteiger partial charge >= 0.3 is 7.66 Å². The van der Waals surface area contributed by atoms with Gasteiger partial charge in [0.2, 0.25) is 15.0 Å². The van der Waals surface area contributed by atoms with Crippen molar-refractivity contribution < 1.29 is 9.05 Å². The molecule has 0 radical (unpaired) electrons. The first-order valence-electron chi connectivity index (χ1n) is 9.88. The normalized spacial score (nSPS) is 37.6. The van der Waals surface area contributed by atoms with Gasteiger partial charge in [0, 0.05) is 39.3 Å². The molecule has 12 heteroatoms. The Labute approximate surface area is 157 Å². The first-order valence-corrected chi connectivity index (χ1v) is 14.7. The van der Waals surface area contributed by atoms with Crippen molar-refractivity contribution in [2.75, 3.05) is 52.5 Å². The number of nitrogens with one attached hydrogen (secondary N) is 2. The molecule has 2 saturated heterocycles. The zero-order valence-electron chi connectivity index (χ0n) is 15.9. The van der Waals surface area contributed by atoms with Crippen molar-refractivity contribution in [2.45, 2.75) is 39.5 Å². The minimum absolute atomic E-state index is 0.556. The fraction of sp³-hybridized carbons (Fsp3) is 1.00. The molecule has 2 bridgehead atoms. The molecule has 0 aromatic carbocycles. The highest BCUT2D eigenvalue weighted by molar-refractivity contribution is 7.81. The molecule has 0 aliphatic carbocycles. The molecular weight excluding hydrogens is 391 g/mol. The molecule has 0 aromatic rings. The van der Waals surface area contributed by atoms with E-state index in [2.05, 4.69) is 19.5 Å². The summed E-state index contributed by atoms with van der Waals surface area (Å²) in [5, 5.41) is 7.47. The Bertz CT molecular complexity index is 667. The average Bonchev–Trinajstić information content (AvgIpc) is 2.66. The molecule has 150 valence electrons. The number of hydrogen-bond acceptors (Lipinski definition) is 9. The number of rotatable bonds is 4. The quantitative estimate of drug-likeness (QED) is 0.656. The van der Waals surface area contributed by atoms with Crippen LogP contribution in [0, 0.1) is 0 Å². The lowest BCUT2D eigenvalue weighted by Crippen LogP contribution is -2.38. The molecule has 2 atom stereocenters.